The summed E-state index contributed by atoms with van der Waals surface area (Å²) in [4.78, 5) is 26.5. The van der Waals surface area contributed by atoms with E-state index in [9.17, 15) is 18.0 Å². The van der Waals surface area contributed by atoms with Crippen LogP contribution in [0.25, 0.3) is 10.9 Å². The first-order chi connectivity index (χ1) is 10.9. The Bertz CT molecular complexity index is 947. The first-order valence-electron chi connectivity index (χ1n) is 7.10. The van der Waals surface area contributed by atoms with E-state index in [0.717, 1.165) is 10.9 Å². The molecule has 0 aliphatic carbocycles. The summed E-state index contributed by atoms with van der Waals surface area (Å²) in [7, 11) is -3.12. The molecule has 1 aliphatic rings. The van der Waals surface area contributed by atoms with Crippen molar-refractivity contribution in [2.24, 2.45) is 11.0 Å². The second-order valence-electron chi connectivity index (χ2n) is 5.48. The third kappa shape index (κ3) is 3.48. The zero-order valence-electron chi connectivity index (χ0n) is 12.2. The maximum atomic E-state index is 11.9. The van der Waals surface area contributed by atoms with Gasteiger partial charge >= 0.3 is 0 Å². The number of aromatic amines is 1. The highest BCUT2D eigenvalue weighted by Crippen LogP contribution is 2.18. The summed E-state index contributed by atoms with van der Waals surface area (Å²) in [5.41, 5.74) is 3.01. The fourth-order valence-electron chi connectivity index (χ4n) is 2.52. The summed E-state index contributed by atoms with van der Waals surface area (Å²) in [5, 5.41) is 4.61. The molecule has 1 aromatic carbocycles. The molecule has 8 heteroatoms. The van der Waals surface area contributed by atoms with E-state index >= 15 is 0 Å². The molecule has 0 bridgehead atoms. The molecule has 120 valence electrons. The molecule has 2 N–H and O–H groups in total. The number of amides is 1. The molecule has 1 aromatic heterocycles. The number of para-hydroxylation sites is 1. The number of H-pyrrole nitrogens is 1. The Labute approximate surface area is 132 Å². The number of carbonyl (C=O) groups excluding carboxylic acids is 1. The predicted molar refractivity (Wildman–Crippen MR) is 87.1 cm³/mol. The van der Waals surface area contributed by atoms with Gasteiger partial charge in [0.05, 0.1) is 29.2 Å². The minimum atomic E-state index is -3.12. The molecule has 0 saturated carbocycles. The minimum absolute atomic E-state index is 0.0269. The first-order valence-corrected chi connectivity index (χ1v) is 8.92. The van der Waals surface area contributed by atoms with Crippen molar-refractivity contribution in [3.05, 3.63) is 46.2 Å². The zero-order valence-corrected chi connectivity index (χ0v) is 13.0. The van der Waals surface area contributed by atoms with E-state index < -0.39 is 21.7 Å². The smallest absolute Gasteiger partial charge is 0.257 e. The standard InChI is InChI=1S/C15H15N3O4S/c19-14-12(7-10-3-1-2-4-13(10)17-14)8-16-18-15(20)11-5-6-23(21,22)9-11/h1-4,7-8,11H,5-6,9H2,(H,17,19)(H,18,20)/b16-8+/t11-/m0/s1. The largest absolute Gasteiger partial charge is 0.321 e. The molecule has 1 aliphatic heterocycles. The van der Waals surface area contributed by atoms with Gasteiger partial charge in [-0.1, -0.05) is 18.2 Å². The van der Waals surface area contributed by atoms with E-state index in [0.29, 0.717) is 12.0 Å². The molecule has 2 heterocycles. The monoisotopic (exact) mass is 333 g/mol. The third-order valence-electron chi connectivity index (χ3n) is 3.76. The van der Waals surface area contributed by atoms with Gasteiger partial charge in [0.15, 0.2) is 9.84 Å². The highest BCUT2D eigenvalue weighted by atomic mass is 32.2. The van der Waals surface area contributed by atoms with E-state index in [-0.39, 0.29) is 17.1 Å². The summed E-state index contributed by atoms with van der Waals surface area (Å²) in [5.74, 6) is -1.14. The van der Waals surface area contributed by atoms with Gasteiger partial charge in [-0.25, -0.2) is 13.8 Å². The van der Waals surface area contributed by atoms with Crippen LogP contribution < -0.4 is 11.0 Å². The number of aromatic nitrogens is 1. The first kappa shape index (κ1) is 15.4. The zero-order chi connectivity index (χ0) is 16.4. The molecule has 1 amide bonds. The second-order valence-corrected chi connectivity index (χ2v) is 7.70. The van der Waals surface area contributed by atoms with Crippen LogP contribution in [-0.2, 0) is 14.6 Å². The predicted octanol–water partition coefficient (Wildman–Crippen LogP) is 0.413. The van der Waals surface area contributed by atoms with Crippen molar-refractivity contribution in [1.82, 2.24) is 10.4 Å². The van der Waals surface area contributed by atoms with E-state index in [2.05, 4.69) is 15.5 Å². The fourth-order valence-corrected chi connectivity index (χ4v) is 4.26. The maximum absolute atomic E-state index is 11.9. The van der Waals surface area contributed by atoms with Gasteiger partial charge in [-0.2, -0.15) is 5.10 Å². The average molecular weight is 333 g/mol. The lowest BCUT2D eigenvalue weighted by Crippen LogP contribution is -2.28. The van der Waals surface area contributed by atoms with Crippen LogP contribution in [0.5, 0.6) is 0 Å². The summed E-state index contributed by atoms with van der Waals surface area (Å²) < 4.78 is 22.7. The minimum Gasteiger partial charge on any atom is -0.321 e. The van der Waals surface area contributed by atoms with Crippen molar-refractivity contribution < 1.29 is 13.2 Å². The lowest BCUT2D eigenvalue weighted by atomic mass is 10.1. The van der Waals surface area contributed by atoms with Crippen molar-refractivity contribution in [1.29, 1.82) is 0 Å². The van der Waals surface area contributed by atoms with Crippen LogP contribution in [0.1, 0.15) is 12.0 Å². The Balaban J connectivity index is 1.72. The molecular weight excluding hydrogens is 318 g/mol. The summed E-state index contributed by atoms with van der Waals surface area (Å²) in [6, 6.07) is 8.99. The van der Waals surface area contributed by atoms with Crippen LogP contribution >= 0.6 is 0 Å². The Kier molecular flexibility index (Phi) is 3.99. The molecule has 3 rings (SSSR count). The van der Waals surface area contributed by atoms with Gasteiger partial charge in [0.1, 0.15) is 0 Å². The van der Waals surface area contributed by atoms with Crippen LogP contribution in [0.2, 0.25) is 0 Å². The summed E-state index contributed by atoms with van der Waals surface area (Å²) in [6.07, 6.45) is 1.56. The highest BCUT2D eigenvalue weighted by Gasteiger charge is 2.32. The van der Waals surface area contributed by atoms with Gasteiger partial charge in [-0.05, 0) is 23.9 Å². The van der Waals surface area contributed by atoms with Gasteiger partial charge in [-0.15, -0.1) is 0 Å². The molecule has 1 fully saturated rings. The highest BCUT2D eigenvalue weighted by molar-refractivity contribution is 7.91. The lowest BCUT2D eigenvalue weighted by Gasteiger charge is -2.04. The molecule has 2 aromatic rings. The molecule has 1 saturated heterocycles. The number of nitrogens with zero attached hydrogens (tertiary/aromatic N) is 1. The lowest BCUT2D eigenvalue weighted by molar-refractivity contribution is -0.124. The summed E-state index contributed by atoms with van der Waals surface area (Å²) in [6.45, 7) is 0. The topological polar surface area (TPSA) is 108 Å². The number of hydrogen-bond donors (Lipinski definition) is 2. The van der Waals surface area contributed by atoms with Gasteiger partial charge in [-0.3, -0.25) is 9.59 Å². The van der Waals surface area contributed by atoms with Gasteiger partial charge in [0.25, 0.3) is 5.56 Å². The maximum Gasteiger partial charge on any atom is 0.257 e. The Morgan fingerprint density at radius 2 is 2.13 bits per heavy atom. The molecule has 0 radical (unpaired) electrons. The average Bonchev–Trinajstić information content (AvgIpc) is 2.88. The number of carbonyl (C=O) groups is 1. The normalized spacial score (nSPS) is 20.1. The van der Waals surface area contributed by atoms with E-state index in [4.69, 9.17) is 0 Å². The van der Waals surface area contributed by atoms with E-state index in [1.165, 1.54) is 6.21 Å². The number of fused-ring (bicyclic) bond motifs is 1. The van der Waals surface area contributed by atoms with Crippen molar-refractivity contribution in [2.45, 2.75) is 6.42 Å². The number of nitrogens with one attached hydrogen (secondary N) is 2. The molecule has 0 spiro atoms. The number of benzene rings is 1. The van der Waals surface area contributed by atoms with Crippen molar-refractivity contribution in [2.75, 3.05) is 11.5 Å². The fraction of sp³-hybridized carbons (Fsp3) is 0.267. The second kappa shape index (κ2) is 5.96. The quantitative estimate of drug-likeness (QED) is 0.626. The molecular formula is C15H15N3O4S. The van der Waals surface area contributed by atoms with Crippen LogP contribution in [0.3, 0.4) is 0 Å². The number of hydrogen-bond acceptors (Lipinski definition) is 5. The third-order valence-corrected chi connectivity index (χ3v) is 5.53. The molecule has 1 atom stereocenters. The Morgan fingerprint density at radius 1 is 1.35 bits per heavy atom. The van der Waals surface area contributed by atoms with Crippen molar-refractivity contribution in [3.63, 3.8) is 0 Å². The van der Waals surface area contributed by atoms with Crippen molar-refractivity contribution in [3.8, 4) is 0 Å². The SMILES string of the molecule is O=C(N/N=C/c1cc2ccccc2[nH]c1=O)[C@H]1CCS(=O)(=O)C1. The number of sulfone groups is 1. The summed E-state index contributed by atoms with van der Waals surface area (Å²) >= 11 is 0. The molecule has 23 heavy (non-hydrogen) atoms. The number of rotatable bonds is 3. The van der Waals surface area contributed by atoms with Crippen LogP contribution in [0, 0.1) is 5.92 Å². The van der Waals surface area contributed by atoms with Gasteiger partial charge in [0, 0.05) is 5.52 Å². The van der Waals surface area contributed by atoms with Crippen LogP contribution in [-0.4, -0.2) is 37.0 Å². The van der Waals surface area contributed by atoms with Crippen LogP contribution in [0.4, 0.5) is 0 Å². The number of pyridine rings is 1. The van der Waals surface area contributed by atoms with Crippen LogP contribution in [0.15, 0.2) is 40.2 Å². The Hall–Kier alpha value is -2.48. The number of hydrazone groups is 1. The molecule has 7 nitrogen and oxygen atoms in total. The van der Waals surface area contributed by atoms with Gasteiger partial charge in [0.2, 0.25) is 5.91 Å². The van der Waals surface area contributed by atoms with Crippen molar-refractivity contribution >= 4 is 32.9 Å². The van der Waals surface area contributed by atoms with E-state index in [1.54, 1.807) is 12.1 Å². The Morgan fingerprint density at radius 3 is 2.87 bits per heavy atom. The van der Waals surface area contributed by atoms with Gasteiger partial charge < -0.3 is 4.98 Å². The molecule has 0 unspecified atom stereocenters. The van der Waals surface area contributed by atoms with E-state index in [1.807, 2.05) is 18.2 Å².